The third kappa shape index (κ3) is 2.98. The molecule has 100 valence electrons. The van der Waals surface area contributed by atoms with Gasteiger partial charge in [0.2, 0.25) is 0 Å². The van der Waals surface area contributed by atoms with Crippen LogP contribution >= 0.6 is 22.6 Å². The van der Waals surface area contributed by atoms with Gasteiger partial charge in [0, 0.05) is 3.57 Å². The van der Waals surface area contributed by atoms with Crippen molar-refractivity contribution < 1.29 is 4.39 Å². The molecule has 3 heteroatoms. The van der Waals surface area contributed by atoms with Gasteiger partial charge in [-0.1, -0.05) is 30.3 Å². The number of benzene rings is 2. The van der Waals surface area contributed by atoms with Crippen LogP contribution < -0.4 is 5.32 Å². The highest BCUT2D eigenvalue weighted by atomic mass is 127. The van der Waals surface area contributed by atoms with Crippen molar-refractivity contribution in [2.24, 2.45) is 0 Å². The average molecular weight is 369 g/mol. The Morgan fingerprint density at radius 3 is 2.47 bits per heavy atom. The molecule has 0 aromatic heterocycles. The summed E-state index contributed by atoms with van der Waals surface area (Å²) in [6, 6.07) is 11.7. The molecule has 0 radical (unpaired) electrons. The van der Waals surface area contributed by atoms with Gasteiger partial charge in [0.05, 0.1) is 6.04 Å². The highest BCUT2D eigenvalue weighted by molar-refractivity contribution is 14.1. The Labute approximate surface area is 127 Å². The van der Waals surface area contributed by atoms with E-state index in [-0.39, 0.29) is 11.9 Å². The fraction of sp³-hybridized carbons (Fsp3) is 0.250. The molecule has 0 aliphatic heterocycles. The summed E-state index contributed by atoms with van der Waals surface area (Å²) in [5, 5.41) is 3.32. The third-order valence-electron chi connectivity index (χ3n) is 3.34. The van der Waals surface area contributed by atoms with Gasteiger partial charge < -0.3 is 5.32 Å². The van der Waals surface area contributed by atoms with E-state index in [1.807, 2.05) is 19.2 Å². The zero-order valence-electron chi connectivity index (χ0n) is 11.3. The van der Waals surface area contributed by atoms with Crippen LogP contribution in [0.25, 0.3) is 0 Å². The summed E-state index contributed by atoms with van der Waals surface area (Å²) >= 11 is 2.37. The summed E-state index contributed by atoms with van der Waals surface area (Å²) in [7, 11) is 1.93. The molecule has 1 nitrogen and oxygen atoms in total. The van der Waals surface area contributed by atoms with Gasteiger partial charge in [-0.15, -0.1) is 0 Å². The number of aryl methyl sites for hydroxylation is 2. The maximum absolute atomic E-state index is 13.4. The number of halogens is 2. The van der Waals surface area contributed by atoms with E-state index >= 15 is 0 Å². The fourth-order valence-corrected chi connectivity index (χ4v) is 2.91. The molecule has 0 bridgehead atoms. The van der Waals surface area contributed by atoms with E-state index in [4.69, 9.17) is 0 Å². The van der Waals surface area contributed by atoms with E-state index in [1.54, 1.807) is 6.92 Å². The molecule has 0 saturated carbocycles. The second kappa shape index (κ2) is 6.01. The number of nitrogens with one attached hydrogen (secondary N) is 1. The number of rotatable bonds is 3. The van der Waals surface area contributed by atoms with Crippen molar-refractivity contribution in [3.63, 3.8) is 0 Å². The predicted octanol–water partition coefficient (Wildman–Crippen LogP) is 4.36. The first-order valence-electron chi connectivity index (χ1n) is 6.23. The highest BCUT2D eigenvalue weighted by Gasteiger charge is 2.16. The maximum atomic E-state index is 13.4. The van der Waals surface area contributed by atoms with Crippen molar-refractivity contribution in [1.82, 2.24) is 5.32 Å². The summed E-state index contributed by atoms with van der Waals surface area (Å²) in [5.74, 6) is -0.155. The SMILES string of the molecule is CNC(c1ccc(F)c(C)c1)c1cccc(C)c1I. The van der Waals surface area contributed by atoms with Gasteiger partial charge >= 0.3 is 0 Å². The first kappa shape index (κ1) is 14.5. The van der Waals surface area contributed by atoms with Crippen LogP contribution in [-0.2, 0) is 0 Å². The second-order valence-electron chi connectivity index (χ2n) is 4.71. The first-order valence-corrected chi connectivity index (χ1v) is 7.30. The molecule has 0 saturated heterocycles. The second-order valence-corrected chi connectivity index (χ2v) is 5.79. The molecular weight excluding hydrogens is 352 g/mol. The van der Waals surface area contributed by atoms with E-state index < -0.39 is 0 Å². The predicted molar refractivity (Wildman–Crippen MR) is 85.9 cm³/mol. The van der Waals surface area contributed by atoms with Crippen LogP contribution in [0.4, 0.5) is 4.39 Å². The highest BCUT2D eigenvalue weighted by Crippen LogP contribution is 2.28. The molecule has 0 aliphatic carbocycles. The summed E-state index contributed by atoms with van der Waals surface area (Å²) in [4.78, 5) is 0. The van der Waals surface area contributed by atoms with Crippen LogP contribution in [-0.4, -0.2) is 7.05 Å². The molecule has 19 heavy (non-hydrogen) atoms. The quantitative estimate of drug-likeness (QED) is 0.793. The van der Waals surface area contributed by atoms with Crippen molar-refractivity contribution in [1.29, 1.82) is 0 Å². The van der Waals surface area contributed by atoms with Crippen LogP contribution in [0, 0.1) is 23.2 Å². The minimum atomic E-state index is -0.155. The monoisotopic (exact) mass is 369 g/mol. The van der Waals surface area contributed by atoms with Gasteiger partial charge in [0.1, 0.15) is 5.82 Å². The molecule has 0 aliphatic rings. The van der Waals surface area contributed by atoms with Crippen LogP contribution in [0.3, 0.4) is 0 Å². The first-order chi connectivity index (χ1) is 9.04. The fourth-order valence-electron chi connectivity index (χ4n) is 2.24. The minimum absolute atomic E-state index is 0.0890. The Kier molecular flexibility index (Phi) is 4.58. The van der Waals surface area contributed by atoms with Gasteiger partial charge in [-0.05, 0) is 71.8 Å². The van der Waals surface area contributed by atoms with Gasteiger partial charge in [0.15, 0.2) is 0 Å². The molecule has 0 amide bonds. The van der Waals surface area contributed by atoms with E-state index in [2.05, 4.69) is 53.0 Å². The van der Waals surface area contributed by atoms with E-state index in [0.717, 1.165) is 5.56 Å². The summed E-state index contributed by atoms with van der Waals surface area (Å²) < 4.78 is 14.6. The van der Waals surface area contributed by atoms with Gasteiger partial charge in [-0.2, -0.15) is 0 Å². The Balaban J connectivity index is 2.50. The third-order valence-corrected chi connectivity index (χ3v) is 4.81. The summed E-state index contributed by atoms with van der Waals surface area (Å²) in [5.41, 5.74) is 4.26. The standard InChI is InChI=1S/C16H17FIN/c1-10-5-4-6-13(15(10)18)16(19-3)12-7-8-14(17)11(2)9-12/h4-9,16,19H,1-3H3. The Morgan fingerprint density at radius 1 is 1.11 bits per heavy atom. The van der Waals surface area contributed by atoms with Crippen LogP contribution in [0.2, 0.25) is 0 Å². The lowest BCUT2D eigenvalue weighted by atomic mass is 9.96. The smallest absolute Gasteiger partial charge is 0.126 e. The van der Waals surface area contributed by atoms with E-state index in [9.17, 15) is 4.39 Å². The van der Waals surface area contributed by atoms with Crippen molar-refractivity contribution in [3.05, 3.63) is 68.0 Å². The Bertz CT molecular complexity index is 595. The molecule has 0 spiro atoms. The zero-order chi connectivity index (χ0) is 14.0. The minimum Gasteiger partial charge on any atom is -0.309 e. The van der Waals surface area contributed by atoms with Gasteiger partial charge in [-0.25, -0.2) is 4.39 Å². The van der Waals surface area contributed by atoms with Crippen LogP contribution in [0.5, 0.6) is 0 Å². The van der Waals surface area contributed by atoms with Crippen molar-refractivity contribution >= 4 is 22.6 Å². The van der Waals surface area contributed by atoms with Crippen LogP contribution in [0.15, 0.2) is 36.4 Å². The lowest BCUT2D eigenvalue weighted by Crippen LogP contribution is -2.19. The Hall–Kier alpha value is -0.940. The molecule has 1 N–H and O–H groups in total. The number of hydrogen-bond donors (Lipinski definition) is 1. The zero-order valence-corrected chi connectivity index (χ0v) is 13.5. The van der Waals surface area contributed by atoms with E-state index in [1.165, 1.54) is 20.8 Å². The summed E-state index contributed by atoms with van der Waals surface area (Å²) in [6.45, 7) is 3.90. The molecule has 1 unspecified atom stereocenters. The molecule has 0 fully saturated rings. The molecular formula is C16H17FIN. The van der Waals surface area contributed by atoms with Crippen molar-refractivity contribution in [2.45, 2.75) is 19.9 Å². The number of hydrogen-bond acceptors (Lipinski definition) is 1. The molecule has 1 atom stereocenters. The summed E-state index contributed by atoms with van der Waals surface area (Å²) in [6.07, 6.45) is 0. The normalized spacial score (nSPS) is 12.5. The molecule has 2 rings (SSSR count). The molecule has 2 aromatic rings. The lowest BCUT2D eigenvalue weighted by molar-refractivity contribution is 0.613. The average Bonchev–Trinajstić information content (AvgIpc) is 2.39. The largest absolute Gasteiger partial charge is 0.309 e. The molecule has 2 aromatic carbocycles. The topological polar surface area (TPSA) is 12.0 Å². The van der Waals surface area contributed by atoms with Gasteiger partial charge in [0.25, 0.3) is 0 Å². The Morgan fingerprint density at radius 2 is 1.84 bits per heavy atom. The lowest BCUT2D eigenvalue weighted by Gasteiger charge is -2.20. The van der Waals surface area contributed by atoms with Crippen molar-refractivity contribution in [2.75, 3.05) is 7.05 Å². The van der Waals surface area contributed by atoms with E-state index in [0.29, 0.717) is 5.56 Å². The van der Waals surface area contributed by atoms with Crippen molar-refractivity contribution in [3.8, 4) is 0 Å². The maximum Gasteiger partial charge on any atom is 0.126 e. The van der Waals surface area contributed by atoms with Gasteiger partial charge in [-0.3, -0.25) is 0 Å². The van der Waals surface area contributed by atoms with Crippen LogP contribution in [0.1, 0.15) is 28.3 Å². The molecule has 0 heterocycles.